The molecule has 0 fully saturated rings. The zero-order valence-corrected chi connectivity index (χ0v) is 15.2. The van der Waals surface area contributed by atoms with Crippen molar-refractivity contribution in [2.45, 2.75) is 26.7 Å². The van der Waals surface area contributed by atoms with E-state index in [4.69, 9.17) is 15.2 Å². The molecule has 2 heterocycles. The number of carbonyl (C=O) groups excluding carboxylic acids is 1. The molecule has 1 aromatic carbocycles. The minimum Gasteiger partial charge on any atom is -0.486 e. The van der Waals surface area contributed by atoms with Gasteiger partial charge in [0.25, 0.3) is 0 Å². The number of ether oxygens (including phenoxy) is 2. The molecule has 0 atom stereocenters. The first kappa shape index (κ1) is 18.2. The second kappa shape index (κ2) is 7.74. The molecule has 6 heteroatoms. The highest BCUT2D eigenvalue weighted by Crippen LogP contribution is 2.34. The fraction of sp³-hybridized carbons (Fsp3) is 0.400. The lowest BCUT2D eigenvalue weighted by molar-refractivity contribution is -0.125. The number of nitrogens with one attached hydrogen (secondary N) is 1. The van der Waals surface area contributed by atoms with Crippen molar-refractivity contribution < 1.29 is 14.3 Å². The molecule has 0 saturated heterocycles. The third-order valence-electron chi connectivity index (χ3n) is 5.05. The number of carbonyl (C=O) groups is 1. The van der Waals surface area contributed by atoms with Crippen LogP contribution in [0.3, 0.4) is 0 Å². The van der Waals surface area contributed by atoms with Gasteiger partial charge in [-0.05, 0) is 43.2 Å². The Morgan fingerprint density at radius 3 is 2.58 bits per heavy atom. The molecular formula is C20H25N3O3. The van der Waals surface area contributed by atoms with Crippen LogP contribution in [0.5, 0.6) is 11.5 Å². The summed E-state index contributed by atoms with van der Waals surface area (Å²) in [5.74, 6) is 1.88. The highest BCUT2D eigenvalue weighted by Gasteiger charge is 2.33. The molecule has 1 aliphatic heterocycles. The second-order valence-corrected chi connectivity index (χ2v) is 6.41. The fourth-order valence-corrected chi connectivity index (χ4v) is 3.07. The predicted molar refractivity (Wildman–Crippen MR) is 101 cm³/mol. The smallest absolute Gasteiger partial charge is 0.233 e. The topological polar surface area (TPSA) is 86.5 Å². The van der Waals surface area contributed by atoms with Crippen LogP contribution in [0.25, 0.3) is 11.3 Å². The predicted octanol–water partition coefficient (Wildman–Crippen LogP) is 3.22. The van der Waals surface area contributed by atoms with Crippen molar-refractivity contribution in [3.63, 3.8) is 0 Å². The molecule has 1 aliphatic rings. The van der Waals surface area contributed by atoms with Gasteiger partial charge in [0.2, 0.25) is 5.91 Å². The van der Waals surface area contributed by atoms with Crippen molar-refractivity contribution in [1.29, 1.82) is 0 Å². The average molecular weight is 355 g/mol. The van der Waals surface area contributed by atoms with E-state index in [1.165, 1.54) is 0 Å². The molecule has 3 N–H and O–H groups in total. The molecular weight excluding hydrogens is 330 g/mol. The number of nitrogens with two attached hydrogens (primary N) is 1. The maximum atomic E-state index is 12.7. The molecule has 26 heavy (non-hydrogen) atoms. The number of aromatic nitrogens is 1. The Bertz CT molecular complexity index is 779. The third kappa shape index (κ3) is 3.51. The van der Waals surface area contributed by atoms with Crippen molar-refractivity contribution >= 4 is 11.7 Å². The van der Waals surface area contributed by atoms with Gasteiger partial charge >= 0.3 is 0 Å². The van der Waals surface area contributed by atoms with E-state index in [1.54, 1.807) is 6.07 Å². The van der Waals surface area contributed by atoms with Crippen LogP contribution < -0.4 is 20.5 Å². The minimum atomic E-state index is -0.561. The highest BCUT2D eigenvalue weighted by molar-refractivity contribution is 5.95. The summed E-state index contributed by atoms with van der Waals surface area (Å²) in [7, 11) is 0. The van der Waals surface area contributed by atoms with Crippen LogP contribution in [0.2, 0.25) is 0 Å². The lowest BCUT2D eigenvalue weighted by atomic mass is 9.81. The Kier molecular flexibility index (Phi) is 5.42. The van der Waals surface area contributed by atoms with Crippen molar-refractivity contribution in [2.24, 2.45) is 11.1 Å². The number of benzene rings is 1. The van der Waals surface area contributed by atoms with E-state index in [0.717, 1.165) is 17.0 Å². The van der Waals surface area contributed by atoms with Gasteiger partial charge in [0, 0.05) is 12.1 Å². The molecule has 0 spiro atoms. The molecule has 6 nitrogen and oxygen atoms in total. The summed E-state index contributed by atoms with van der Waals surface area (Å²) in [5, 5.41) is 2.92. The monoisotopic (exact) mass is 355 g/mol. The van der Waals surface area contributed by atoms with Crippen molar-refractivity contribution in [2.75, 3.05) is 25.1 Å². The average Bonchev–Trinajstić information content (AvgIpc) is 2.69. The zero-order valence-electron chi connectivity index (χ0n) is 15.2. The normalized spacial score (nSPS) is 13.3. The maximum Gasteiger partial charge on any atom is 0.233 e. The third-order valence-corrected chi connectivity index (χ3v) is 5.05. The Hall–Kier alpha value is -2.60. The molecule has 3 rings (SSSR count). The van der Waals surface area contributed by atoms with Crippen molar-refractivity contribution in [3.05, 3.63) is 36.4 Å². The number of hydrogen-bond donors (Lipinski definition) is 2. The Labute approximate surface area is 153 Å². The van der Waals surface area contributed by atoms with Gasteiger partial charge in [0.15, 0.2) is 11.5 Å². The van der Waals surface area contributed by atoms with Crippen LogP contribution in [0.15, 0.2) is 36.4 Å². The van der Waals surface area contributed by atoms with E-state index in [1.807, 2.05) is 44.2 Å². The number of rotatable bonds is 6. The van der Waals surface area contributed by atoms with E-state index in [9.17, 15) is 4.79 Å². The summed E-state index contributed by atoms with van der Waals surface area (Å²) in [4.78, 5) is 17.3. The maximum absolute atomic E-state index is 12.7. The molecule has 1 aromatic heterocycles. The summed E-state index contributed by atoms with van der Waals surface area (Å²) in [6.45, 7) is 5.37. The summed E-state index contributed by atoms with van der Waals surface area (Å²) in [5.41, 5.74) is 6.96. The minimum absolute atomic E-state index is 0.0863. The van der Waals surface area contributed by atoms with Gasteiger partial charge in [0.1, 0.15) is 19.0 Å². The SMILES string of the molecule is CCC(CC)(CN)C(=O)Nc1cccc(-c2ccc3c(c2)OCCO3)n1. The molecule has 0 unspecified atom stereocenters. The first-order valence-corrected chi connectivity index (χ1v) is 9.00. The van der Waals surface area contributed by atoms with Gasteiger partial charge in [0.05, 0.1) is 11.1 Å². The van der Waals surface area contributed by atoms with Gasteiger partial charge in [-0.1, -0.05) is 19.9 Å². The van der Waals surface area contributed by atoms with Crippen LogP contribution in [0.4, 0.5) is 5.82 Å². The van der Waals surface area contributed by atoms with Crippen LogP contribution in [-0.4, -0.2) is 30.6 Å². The van der Waals surface area contributed by atoms with Crippen LogP contribution in [-0.2, 0) is 4.79 Å². The van der Waals surface area contributed by atoms with E-state index in [-0.39, 0.29) is 5.91 Å². The molecule has 0 saturated carbocycles. The largest absolute Gasteiger partial charge is 0.486 e. The number of amides is 1. The molecule has 2 aromatic rings. The lowest BCUT2D eigenvalue weighted by Gasteiger charge is -2.28. The molecule has 0 aliphatic carbocycles. The summed E-state index contributed by atoms with van der Waals surface area (Å²) >= 11 is 0. The highest BCUT2D eigenvalue weighted by atomic mass is 16.6. The zero-order chi connectivity index (χ0) is 18.6. The van der Waals surface area contributed by atoms with Gasteiger partial charge in [-0.2, -0.15) is 0 Å². The molecule has 0 bridgehead atoms. The number of hydrogen-bond acceptors (Lipinski definition) is 5. The lowest BCUT2D eigenvalue weighted by Crippen LogP contribution is -2.41. The quantitative estimate of drug-likeness (QED) is 0.831. The van der Waals surface area contributed by atoms with Gasteiger partial charge in [-0.25, -0.2) is 4.98 Å². The Balaban J connectivity index is 1.84. The van der Waals surface area contributed by atoms with E-state index in [0.29, 0.717) is 44.2 Å². The number of nitrogens with zero attached hydrogens (tertiary/aromatic N) is 1. The second-order valence-electron chi connectivity index (χ2n) is 6.41. The first-order valence-electron chi connectivity index (χ1n) is 9.00. The van der Waals surface area contributed by atoms with Crippen LogP contribution in [0, 0.1) is 5.41 Å². The summed E-state index contributed by atoms with van der Waals surface area (Å²) in [6.07, 6.45) is 1.38. The summed E-state index contributed by atoms with van der Waals surface area (Å²) in [6, 6.07) is 11.3. The van der Waals surface area contributed by atoms with Crippen molar-refractivity contribution in [1.82, 2.24) is 4.98 Å². The molecule has 1 amide bonds. The van der Waals surface area contributed by atoms with Gasteiger partial charge in [-0.15, -0.1) is 0 Å². The van der Waals surface area contributed by atoms with E-state index >= 15 is 0 Å². The van der Waals surface area contributed by atoms with E-state index < -0.39 is 5.41 Å². The van der Waals surface area contributed by atoms with Gasteiger partial charge < -0.3 is 20.5 Å². The fourth-order valence-electron chi connectivity index (χ4n) is 3.07. The van der Waals surface area contributed by atoms with Crippen LogP contribution in [0.1, 0.15) is 26.7 Å². The number of anilines is 1. The molecule has 138 valence electrons. The Morgan fingerprint density at radius 2 is 1.88 bits per heavy atom. The summed E-state index contributed by atoms with van der Waals surface area (Å²) < 4.78 is 11.2. The van der Waals surface area contributed by atoms with Crippen molar-refractivity contribution in [3.8, 4) is 22.8 Å². The number of fused-ring (bicyclic) bond motifs is 1. The van der Waals surface area contributed by atoms with Gasteiger partial charge in [-0.3, -0.25) is 4.79 Å². The van der Waals surface area contributed by atoms with E-state index in [2.05, 4.69) is 10.3 Å². The van der Waals surface area contributed by atoms with Crippen LogP contribution >= 0.6 is 0 Å². The first-order chi connectivity index (χ1) is 12.6. The standard InChI is InChI=1S/C20H25N3O3/c1-3-20(4-2,13-21)19(24)23-18-7-5-6-15(22-18)14-8-9-16-17(12-14)26-11-10-25-16/h5-9,12H,3-4,10-11,13,21H2,1-2H3,(H,22,23,24). The molecule has 0 radical (unpaired) electrons. The number of pyridine rings is 1. The Morgan fingerprint density at radius 1 is 1.15 bits per heavy atom.